The van der Waals surface area contributed by atoms with Crippen LogP contribution in [-0.2, 0) is 18.6 Å². The molecule has 3 heterocycles. The molecule has 0 amide bonds. The van der Waals surface area contributed by atoms with Gasteiger partial charge in [-0.05, 0) is 54.7 Å². The summed E-state index contributed by atoms with van der Waals surface area (Å²) in [5.41, 5.74) is 6.04. The number of hydrogen-bond acceptors (Lipinski definition) is 6. The Balaban J connectivity index is 1.61. The minimum atomic E-state index is -0.128. The van der Waals surface area contributed by atoms with E-state index in [2.05, 4.69) is 56.8 Å². The van der Waals surface area contributed by atoms with Gasteiger partial charge >= 0.3 is 0 Å². The molecule has 5 rings (SSSR count). The smallest absolute Gasteiger partial charge is 0.258 e. The summed E-state index contributed by atoms with van der Waals surface area (Å²) in [4.78, 5) is 24.6. The topological polar surface area (TPSA) is 89.4 Å². The van der Waals surface area contributed by atoms with Crippen molar-refractivity contribution in [2.45, 2.75) is 44.5 Å². The lowest BCUT2D eigenvalue weighted by molar-refractivity contribution is 0.855. The van der Waals surface area contributed by atoms with E-state index in [1.807, 2.05) is 31.2 Å². The third-order valence-electron chi connectivity index (χ3n) is 6.07. The highest BCUT2D eigenvalue weighted by Crippen LogP contribution is 2.33. The van der Waals surface area contributed by atoms with E-state index >= 15 is 0 Å². The maximum absolute atomic E-state index is 12.7. The number of aromatic nitrogens is 6. The molecule has 7 nitrogen and oxygen atoms in total. The largest absolute Gasteiger partial charge is 0.309 e. The first-order valence-corrected chi connectivity index (χ1v) is 12.7. The summed E-state index contributed by atoms with van der Waals surface area (Å²) >= 11 is 1.51. The minimum absolute atomic E-state index is 0.128. The number of thioether (sulfide) groups is 1. The fourth-order valence-corrected chi connectivity index (χ4v) is 5.11. The predicted octanol–water partition coefficient (Wildman–Crippen LogP) is 5.29. The van der Waals surface area contributed by atoms with Gasteiger partial charge in [0.05, 0.1) is 22.3 Å². The third kappa shape index (κ3) is 4.37. The fraction of sp³-hybridized carbons (Fsp3) is 0.222. The van der Waals surface area contributed by atoms with E-state index in [1.54, 1.807) is 18.5 Å². The van der Waals surface area contributed by atoms with Crippen LogP contribution in [0.15, 0.2) is 70.9 Å². The molecule has 0 aliphatic carbocycles. The molecule has 0 aliphatic rings. The zero-order valence-electron chi connectivity index (χ0n) is 19.9. The summed E-state index contributed by atoms with van der Waals surface area (Å²) in [6, 6.07) is 16.0. The Morgan fingerprint density at radius 2 is 1.74 bits per heavy atom. The molecule has 0 spiro atoms. The minimum Gasteiger partial charge on any atom is -0.309 e. The summed E-state index contributed by atoms with van der Waals surface area (Å²) in [6.07, 6.45) is 5.33. The van der Waals surface area contributed by atoms with Gasteiger partial charge in [0.15, 0.2) is 11.0 Å². The van der Waals surface area contributed by atoms with Crippen molar-refractivity contribution in [1.29, 1.82) is 0 Å². The first-order chi connectivity index (χ1) is 17.1. The summed E-state index contributed by atoms with van der Waals surface area (Å²) < 4.78 is 2.13. The molecule has 0 bridgehead atoms. The zero-order valence-corrected chi connectivity index (χ0v) is 20.8. The van der Waals surface area contributed by atoms with Gasteiger partial charge in [-0.2, -0.15) is 0 Å². The molecule has 0 fully saturated rings. The Labute approximate surface area is 207 Å². The number of fused-ring (bicyclic) bond motifs is 1. The van der Waals surface area contributed by atoms with Gasteiger partial charge < -0.3 is 4.98 Å². The Morgan fingerprint density at radius 1 is 0.971 bits per heavy atom. The number of pyridine rings is 1. The Kier molecular flexibility index (Phi) is 6.46. The van der Waals surface area contributed by atoms with Crippen molar-refractivity contribution in [2.75, 3.05) is 0 Å². The third-order valence-corrected chi connectivity index (χ3v) is 7.01. The van der Waals surface area contributed by atoms with Crippen LogP contribution in [0.5, 0.6) is 0 Å². The van der Waals surface area contributed by atoms with Gasteiger partial charge in [0.2, 0.25) is 0 Å². The Bertz CT molecular complexity index is 1540. The van der Waals surface area contributed by atoms with Crippen LogP contribution in [0.2, 0.25) is 0 Å². The van der Waals surface area contributed by atoms with Crippen molar-refractivity contribution >= 4 is 22.7 Å². The summed E-state index contributed by atoms with van der Waals surface area (Å²) in [5.74, 6) is 1.81. The standard InChI is InChI=1S/C27H26N6OS/c1-4-18-10-7-11-19(5-2)24(18)33-25(20-12-8-14-28-15-20)31-32-27(33)35-16-22-29-23-17(3)9-6-13-21(23)26(34)30-22/h6-15H,4-5,16H2,1-3H3,(H,29,30,34). The molecule has 5 aromatic rings. The lowest BCUT2D eigenvalue weighted by Crippen LogP contribution is -2.12. The molecule has 0 aliphatic heterocycles. The number of rotatable bonds is 7. The van der Waals surface area contributed by atoms with E-state index in [0.717, 1.165) is 46.2 Å². The molecule has 2 aromatic carbocycles. The van der Waals surface area contributed by atoms with Crippen LogP contribution in [0, 0.1) is 6.92 Å². The Morgan fingerprint density at radius 3 is 2.46 bits per heavy atom. The molecular formula is C27H26N6OS. The summed E-state index contributed by atoms with van der Waals surface area (Å²) in [6.45, 7) is 6.28. The van der Waals surface area contributed by atoms with E-state index in [0.29, 0.717) is 17.0 Å². The summed E-state index contributed by atoms with van der Waals surface area (Å²) in [5, 5.41) is 10.5. The SMILES string of the molecule is CCc1cccc(CC)c1-n1c(SCc2nc3c(C)cccc3c(=O)[nH]2)nnc1-c1cccnc1. The van der Waals surface area contributed by atoms with Crippen LogP contribution < -0.4 is 5.56 Å². The van der Waals surface area contributed by atoms with Crippen LogP contribution in [0.1, 0.15) is 36.4 Å². The summed E-state index contributed by atoms with van der Waals surface area (Å²) in [7, 11) is 0. The van der Waals surface area contributed by atoms with Crippen LogP contribution in [0.4, 0.5) is 0 Å². The maximum atomic E-state index is 12.7. The molecule has 0 saturated carbocycles. The number of nitrogens with one attached hydrogen (secondary N) is 1. The molecule has 0 radical (unpaired) electrons. The van der Waals surface area contributed by atoms with E-state index < -0.39 is 0 Å². The molecule has 8 heteroatoms. The van der Waals surface area contributed by atoms with Crippen molar-refractivity contribution in [2.24, 2.45) is 0 Å². The van der Waals surface area contributed by atoms with Gasteiger partial charge in [-0.1, -0.05) is 55.9 Å². The van der Waals surface area contributed by atoms with E-state index in [1.165, 1.54) is 22.9 Å². The number of H-pyrrole nitrogens is 1. The van der Waals surface area contributed by atoms with Gasteiger partial charge in [0.25, 0.3) is 5.56 Å². The average molecular weight is 483 g/mol. The van der Waals surface area contributed by atoms with Crippen LogP contribution in [-0.4, -0.2) is 29.7 Å². The van der Waals surface area contributed by atoms with Crippen LogP contribution in [0.25, 0.3) is 28.0 Å². The molecule has 0 atom stereocenters. The number of aryl methyl sites for hydroxylation is 3. The van der Waals surface area contributed by atoms with Gasteiger partial charge in [0.1, 0.15) is 5.82 Å². The van der Waals surface area contributed by atoms with Gasteiger partial charge in [-0.15, -0.1) is 10.2 Å². The number of para-hydroxylation sites is 2. The number of nitrogens with zero attached hydrogens (tertiary/aromatic N) is 5. The molecule has 1 N–H and O–H groups in total. The van der Waals surface area contributed by atoms with Crippen LogP contribution in [0.3, 0.4) is 0 Å². The highest BCUT2D eigenvalue weighted by molar-refractivity contribution is 7.98. The second-order valence-electron chi connectivity index (χ2n) is 8.29. The lowest BCUT2D eigenvalue weighted by atomic mass is 10.0. The average Bonchev–Trinajstić information content (AvgIpc) is 3.31. The molecule has 35 heavy (non-hydrogen) atoms. The number of benzene rings is 2. The van der Waals surface area contributed by atoms with E-state index in [9.17, 15) is 4.79 Å². The Hall–Kier alpha value is -3.78. The van der Waals surface area contributed by atoms with Crippen molar-refractivity contribution in [1.82, 2.24) is 29.7 Å². The van der Waals surface area contributed by atoms with E-state index in [-0.39, 0.29) is 5.56 Å². The van der Waals surface area contributed by atoms with Crippen LogP contribution >= 0.6 is 11.8 Å². The number of aromatic amines is 1. The molecular weight excluding hydrogens is 456 g/mol. The highest BCUT2D eigenvalue weighted by Gasteiger charge is 2.21. The second-order valence-corrected chi connectivity index (χ2v) is 9.23. The van der Waals surface area contributed by atoms with Crippen molar-refractivity contribution in [3.05, 3.63) is 93.8 Å². The van der Waals surface area contributed by atoms with Crippen molar-refractivity contribution in [3.63, 3.8) is 0 Å². The van der Waals surface area contributed by atoms with Crippen molar-refractivity contribution in [3.8, 4) is 17.1 Å². The maximum Gasteiger partial charge on any atom is 0.258 e. The molecule has 0 unspecified atom stereocenters. The van der Waals surface area contributed by atoms with Gasteiger partial charge in [-0.3, -0.25) is 14.3 Å². The first-order valence-electron chi connectivity index (χ1n) is 11.7. The van der Waals surface area contributed by atoms with E-state index in [4.69, 9.17) is 4.98 Å². The van der Waals surface area contributed by atoms with Crippen molar-refractivity contribution < 1.29 is 0 Å². The quantitative estimate of drug-likeness (QED) is 0.317. The van der Waals surface area contributed by atoms with Gasteiger partial charge in [0, 0.05) is 18.0 Å². The normalized spacial score (nSPS) is 11.3. The fourth-order valence-electron chi connectivity index (χ4n) is 4.30. The lowest BCUT2D eigenvalue weighted by Gasteiger charge is -2.18. The van der Waals surface area contributed by atoms with Gasteiger partial charge in [-0.25, -0.2) is 4.98 Å². The predicted molar refractivity (Wildman–Crippen MR) is 140 cm³/mol. The second kappa shape index (κ2) is 9.84. The molecule has 0 saturated heterocycles. The zero-order chi connectivity index (χ0) is 24.4. The number of hydrogen-bond donors (Lipinski definition) is 1. The highest BCUT2D eigenvalue weighted by atomic mass is 32.2. The monoisotopic (exact) mass is 482 g/mol. The molecule has 176 valence electrons. The molecule has 3 aromatic heterocycles. The first kappa shape index (κ1) is 23.0.